The van der Waals surface area contributed by atoms with Gasteiger partial charge in [0.25, 0.3) is 0 Å². The Kier molecular flexibility index (Phi) is 1.41. The summed E-state index contributed by atoms with van der Waals surface area (Å²) in [7, 11) is 0. The number of H-pyrrole nitrogens is 1. The van der Waals surface area contributed by atoms with Crippen LogP contribution < -0.4 is 11.2 Å². The summed E-state index contributed by atoms with van der Waals surface area (Å²) in [5.41, 5.74) is 1.11. The van der Waals surface area contributed by atoms with Crippen LogP contribution in [0.15, 0.2) is 11.1 Å². The second kappa shape index (κ2) is 2.23. The molecule has 1 rings (SSSR count). The van der Waals surface area contributed by atoms with Gasteiger partial charge in [-0.25, -0.2) is 15.3 Å². The average molecular weight is 128 g/mol. The van der Waals surface area contributed by atoms with Crippen LogP contribution in [0, 0.1) is 0 Å². The van der Waals surface area contributed by atoms with Crippen LogP contribution in [-0.4, -0.2) is 20.2 Å². The molecule has 1 aromatic heterocycles. The predicted octanol–water partition coefficient (Wildman–Crippen LogP) is -1.03. The molecule has 0 unspecified atom stereocenters. The summed E-state index contributed by atoms with van der Waals surface area (Å²) in [6.07, 6.45) is 1.04. The lowest BCUT2D eigenvalue weighted by molar-refractivity contribution is 0.382. The monoisotopic (exact) mass is 128 g/mol. The van der Waals surface area contributed by atoms with Crippen molar-refractivity contribution in [3.05, 3.63) is 16.8 Å². The summed E-state index contributed by atoms with van der Waals surface area (Å²) in [5, 5.41) is 8.15. The molecule has 3 N–H and O–H groups in total. The van der Waals surface area contributed by atoms with Gasteiger partial charge in [0.05, 0.1) is 0 Å². The van der Waals surface area contributed by atoms with Crippen LogP contribution in [0.25, 0.3) is 0 Å². The minimum atomic E-state index is -0.554. The molecule has 0 amide bonds. The molecule has 0 aromatic carbocycles. The summed E-state index contributed by atoms with van der Waals surface area (Å²) < 4.78 is 0. The van der Waals surface area contributed by atoms with E-state index in [4.69, 9.17) is 5.21 Å². The van der Waals surface area contributed by atoms with Crippen LogP contribution in [0.3, 0.4) is 0 Å². The highest BCUT2D eigenvalue weighted by Crippen LogP contribution is 1.82. The number of anilines is 1. The summed E-state index contributed by atoms with van der Waals surface area (Å²) in [5.74, 6) is -0.0185. The molecule has 1 heterocycles. The average Bonchev–Trinajstić information content (AvgIpc) is 1.88. The van der Waals surface area contributed by atoms with Gasteiger partial charge in [0.2, 0.25) is 5.95 Å². The largest absolute Gasteiger partial charge is 0.349 e. The Labute approximate surface area is 49.6 Å². The first-order chi connectivity index (χ1) is 4.33. The van der Waals surface area contributed by atoms with E-state index < -0.39 is 5.69 Å². The predicted molar refractivity (Wildman–Crippen MR) is 28.1 cm³/mol. The topological polar surface area (TPSA) is 90.9 Å². The highest BCUT2D eigenvalue weighted by atomic mass is 16.5. The lowest BCUT2D eigenvalue weighted by Gasteiger charge is -1.91. The van der Waals surface area contributed by atoms with E-state index in [-0.39, 0.29) is 5.95 Å². The van der Waals surface area contributed by atoms with Gasteiger partial charge in [-0.05, 0) is 0 Å². The molecule has 48 valence electrons. The lowest BCUT2D eigenvalue weighted by Crippen LogP contribution is -2.12. The normalized spacial score (nSPS) is 9.00. The van der Waals surface area contributed by atoms with E-state index in [1.165, 1.54) is 0 Å². The molecule has 0 aliphatic rings. The van der Waals surface area contributed by atoms with Crippen molar-refractivity contribution in [3.63, 3.8) is 0 Å². The zero-order chi connectivity index (χ0) is 6.69. The van der Waals surface area contributed by atoms with Crippen molar-refractivity contribution in [3.8, 4) is 0 Å². The summed E-state index contributed by atoms with van der Waals surface area (Å²) >= 11 is 0. The maximum atomic E-state index is 10.3. The van der Waals surface area contributed by atoms with E-state index in [2.05, 4.69) is 15.0 Å². The van der Waals surface area contributed by atoms with E-state index in [1.54, 1.807) is 5.48 Å². The smallest absolute Gasteiger partial charge is 0.288 e. The van der Waals surface area contributed by atoms with Gasteiger partial charge in [0.15, 0.2) is 0 Å². The Hall–Kier alpha value is -1.43. The quantitative estimate of drug-likeness (QED) is 0.420. The first-order valence-corrected chi connectivity index (χ1v) is 2.14. The summed E-state index contributed by atoms with van der Waals surface area (Å²) in [4.78, 5) is 19.1. The first-order valence-electron chi connectivity index (χ1n) is 2.14. The van der Waals surface area contributed by atoms with Crippen molar-refractivity contribution in [2.75, 3.05) is 5.48 Å². The minimum absolute atomic E-state index is 0.0185. The Balaban J connectivity index is 3.08. The highest BCUT2D eigenvalue weighted by molar-refractivity contribution is 5.14. The Bertz CT molecular complexity index is 244. The van der Waals surface area contributed by atoms with Crippen LogP contribution in [0.2, 0.25) is 0 Å². The molecule has 0 aliphatic heterocycles. The fourth-order valence-electron chi connectivity index (χ4n) is 0.362. The van der Waals surface area contributed by atoms with Crippen molar-refractivity contribution in [2.45, 2.75) is 0 Å². The molecule has 0 spiro atoms. The molecule has 0 bridgehead atoms. The van der Waals surface area contributed by atoms with E-state index in [0.29, 0.717) is 0 Å². The van der Waals surface area contributed by atoms with Gasteiger partial charge in [0, 0.05) is 0 Å². The van der Waals surface area contributed by atoms with Gasteiger partial charge in [0.1, 0.15) is 6.33 Å². The minimum Gasteiger partial charge on any atom is -0.288 e. The van der Waals surface area contributed by atoms with Gasteiger partial charge < -0.3 is 0 Å². The molecule has 1 aromatic rings. The lowest BCUT2D eigenvalue weighted by atomic mass is 11.0. The number of nitrogens with zero attached hydrogens (tertiary/aromatic N) is 2. The molecule has 6 heteroatoms. The molecular weight excluding hydrogens is 124 g/mol. The first kappa shape index (κ1) is 5.70. The SMILES string of the molecule is O=c1ncnc(NO)[nH]1. The molecule has 0 saturated heterocycles. The maximum absolute atomic E-state index is 10.3. The van der Waals surface area contributed by atoms with E-state index in [9.17, 15) is 4.79 Å². The van der Waals surface area contributed by atoms with Gasteiger partial charge in [-0.3, -0.25) is 10.2 Å². The number of nitrogens with one attached hydrogen (secondary N) is 2. The third kappa shape index (κ3) is 1.23. The maximum Gasteiger partial charge on any atom is 0.349 e. The number of aromatic nitrogens is 3. The van der Waals surface area contributed by atoms with Crippen molar-refractivity contribution in [2.24, 2.45) is 0 Å². The van der Waals surface area contributed by atoms with Crippen molar-refractivity contribution in [1.29, 1.82) is 0 Å². The molecule has 6 nitrogen and oxygen atoms in total. The van der Waals surface area contributed by atoms with E-state index in [0.717, 1.165) is 6.33 Å². The van der Waals surface area contributed by atoms with Crippen molar-refractivity contribution in [1.82, 2.24) is 15.0 Å². The van der Waals surface area contributed by atoms with Crippen LogP contribution in [0.5, 0.6) is 0 Å². The molecule has 0 radical (unpaired) electrons. The summed E-state index contributed by atoms with van der Waals surface area (Å²) in [6.45, 7) is 0. The summed E-state index contributed by atoms with van der Waals surface area (Å²) in [6, 6.07) is 0. The molecule has 0 atom stereocenters. The number of aromatic amines is 1. The van der Waals surface area contributed by atoms with Crippen molar-refractivity contribution < 1.29 is 5.21 Å². The van der Waals surface area contributed by atoms with E-state index in [1.807, 2.05) is 0 Å². The Morgan fingerprint density at radius 3 is 2.89 bits per heavy atom. The fourth-order valence-corrected chi connectivity index (χ4v) is 0.362. The van der Waals surface area contributed by atoms with Gasteiger partial charge in [-0.1, -0.05) is 0 Å². The van der Waals surface area contributed by atoms with Crippen molar-refractivity contribution >= 4 is 5.95 Å². The zero-order valence-electron chi connectivity index (χ0n) is 4.33. The van der Waals surface area contributed by atoms with Crippen LogP contribution in [0.4, 0.5) is 5.95 Å². The van der Waals surface area contributed by atoms with Gasteiger partial charge >= 0.3 is 5.69 Å². The van der Waals surface area contributed by atoms with E-state index >= 15 is 0 Å². The second-order valence-corrected chi connectivity index (χ2v) is 1.26. The Morgan fingerprint density at radius 1 is 1.67 bits per heavy atom. The van der Waals surface area contributed by atoms with Gasteiger partial charge in [-0.15, -0.1) is 0 Å². The molecule has 0 saturated carbocycles. The second-order valence-electron chi connectivity index (χ2n) is 1.26. The van der Waals surface area contributed by atoms with Crippen LogP contribution in [0.1, 0.15) is 0 Å². The Morgan fingerprint density at radius 2 is 2.44 bits per heavy atom. The van der Waals surface area contributed by atoms with Crippen LogP contribution >= 0.6 is 0 Å². The molecule has 0 aliphatic carbocycles. The molecule has 9 heavy (non-hydrogen) atoms. The number of hydrogen-bond acceptors (Lipinski definition) is 5. The van der Waals surface area contributed by atoms with Crippen LogP contribution in [-0.2, 0) is 0 Å². The molecule has 0 fully saturated rings. The number of hydrogen-bond donors (Lipinski definition) is 3. The zero-order valence-corrected chi connectivity index (χ0v) is 4.33. The third-order valence-electron chi connectivity index (χ3n) is 0.693. The molecular formula is C3H4N4O2. The van der Waals surface area contributed by atoms with Gasteiger partial charge in [-0.2, -0.15) is 4.98 Å². The third-order valence-corrected chi connectivity index (χ3v) is 0.693. The highest BCUT2D eigenvalue weighted by Gasteiger charge is 1.87. The number of rotatable bonds is 1. The standard InChI is InChI=1S/C3H4N4O2/c8-3-5-1-4-2(6-3)7-9/h1,9H,(H2,4,5,6,7,8). The fraction of sp³-hybridized carbons (Fsp3) is 0.